The number of hydrogen-bond acceptors (Lipinski definition) is 4. The molecule has 3 heterocycles. The average Bonchev–Trinajstić information content (AvgIpc) is 2.79. The van der Waals surface area contributed by atoms with Gasteiger partial charge in [0.25, 0.3) is 0 Å². The summed E-state index contributed by atoms with van der Waals surface area (Å²) in [7, 11) is 0. The van der Waals surface area contributed by atoms with Crippen molar-refractivity contribution in [1.82, 2.24) is 4.90 Å². The highest BCUT2D eigenvalue weighted by Gasteiger charge is 2.46. The first-order valence-corrected chi connectivity index (χ1v) is 9.25. The SMILES string of the molecule is Cc1cc2c(s1)[C@]1(CCN(C(=O)OC(C)(C)C)[C@@H](C)C1)OCC2. The van der Waals surface area contributed by atoms with Crippen molar-refractivity contribution < 1.29 is 14.3 Å². The van der Waals surface area contributed by atoms with Gasteiger partial charge in [-0.05, 0) is 59.1 Å². The van der Waals surface area contributed by atoms with E-state index in [1.807, 2.05) is 37.0 Å². The molecule has 0 bridgehead atoms. The minimum atomic E-state index is -0.453. The van der Waals surface area contributed by atoms with E-state index in [9.17, 15) is 4.79 Å². The maximum Gasteiger partial charge on any atom is 0.410 e. The lowest BCUT2D eigenvalue weighted by Crippen LogP contribution is -2.53. The predicted octanol–water partition coefficient (Wildman–Crippen LogP) is 4.24. The maximum absolute atomic E-state index is 12.4. The smallest absolute Gasteiger partial charge is 0.410 e. The minimum Gasteiger partial charge on any atom is -0.444 e. The van der Waals surface area contributed by atoms with Gasteiger partial charge in [-0.15, -0.1) is 11.3 Å². The third-order valence-electron chi connectivity index (χ3n) is 4.64. The third kappa shape index (κ3) is 3.26. The van der Waals surface area contributed by atoms with Gasteiger partial charge in [0.1, 0.15) is 11.2 Å². The summed E-state index contributed by atoms with van der Waals surface area (Å²) in [5.74, 6) is 0. The second-order valence-electron chi connectivity index (χ2n) is 7.78. The number of rotatable bonds is 0. The molecule has 1 spiro atoms. The van der Waals surface area contributed by atoms with E-state index >= 15 is 0 Å². The molecule has 5 heteroatoms. The van der Waals surface area contributed by atoms with Crippen molar-refractivity contribution in [3.05, 3.63) is 21.4 Å². The molecule has 0 aliphatic carbocycles. The molecule has 1 fully saturated rings. The summed E-state index contributed by atoms with van der Waals surface area (Å²) in [5.41, 5.74) is 0.784. The van der Waals surface area contributed by atoms with E-state index in [0.29, 0.717) is 6.54 Å². The molecular formula is C18H27NO3S. The zero-order valence-electron chi connectivity index (χ0n) is 14.8. The monoisotopic (exact) mass is 337 g/mol. The number of hydrogen-bond donors (Lipinski definition) is 0. The number of likely N-dealkylation sites (tertiary alicyclic amines) is 1. The highest BCUT2D eigenvalue weighted by Crippen LogP contribution is 2.46. The number of carbonyl (C=O) groups excluding carboxylic acids is 1. The lowest BCUT2D eigenvalue weighted by Gasteiger charge is -2.46. The van der Waals surface area contributed by atoms with Gasteiger partial charge in [0.05, 0.1) is 6.61 Å². The fourth-order valence-corrected chi connectivity index (χ4v) is 4.95. The Morgan fingerprint density at radius 2 is 2.22 bits per heavy atom. The molecule has 1 saturated heterocycles. The zero-order valence-corrected chi connectivity index (χ0v) is 15.6. The number of fused-ring (bicyclic) bond motifs is 2. The second-order valence-corrected chi connectivity index (χ2v) is 9.04. The van der Waals surface area contributed by atoms with Gasteiger partial charge in [0.2, 0.25) is 0 Å². The molecule has 3 rings (SSSR count). The number of piperidine rings is 1. The molecule has 0 aromatic carbocycles. The lowest BCUT2D eigenvalue weighted by atomic mass is 9.82. The summed E-state index contributed by atoms with van der Waals surface area (Å²) < 4.78 is 11.8. The quantitative estimate of drug-likeness (QED) is 0.710. The molecule has 0 saturated carbocycles. The Balaban J connectivity index is 1.78. The highest BCUT2D eigenvalue weighted by atomic mass is 32.1. The van der Waals surface area contributed by atoms with Crippen molar-refractivity contribution in [2.45, 2.75) is 71.1 Å². The molecule has 128 valence electrons. The lowest BCUT2D eigenvalue weighted by molar-refractivity contribution is -0.108. The van der Waals surface area contributed by atoms with Crippen LogP contribution in [0.4, 0.5) is 4.79 Å². The van der Waals surface area contributed by atoms with Crippen LogP contribution in [0, 0.1) is 6.92 Å². The van der Waals surface area contributed by atoms with Crippen LogP contribution >= 0.6 is 11.3 Å². The summed E-state index contributed by atoms with van der Waals surface area (Å²) >= 11 is 1.86. The van der Waals surface area contributed by atoms with Crippen LogP contribution in [0.5, 0.6) is 0 Å². The summed E-state index contributed by atoms with van der Waals surface area (Å²) in [6, 6.07) is 2.42. The van der Waals surface area contributed by atoms with Crippen LogP contribution in [-0.2, 0) is 21.5 Å². The molecule has 2 atom stereocenters. The van der Waals surface area contributed by atoms with Crippen molar-refractivity contribution in [3.8, 4) is 0 Å². The Kier molecular flexibility index (Phi) is 4.21. The van der Waals surface area contributed by atoms with Crippen LogP contribution in [0.15, 0.2) is 6.07 Å². The third-order valence-corrected chi connectivity index (χ3v) is 5.92. The van der Waals surface area contributed by atoms with Gasteiger partial charge in [-0.3, -0.25) is 0 Å². The Morgan fingerprint density at radius 3 is 2.87 bits per heavy atom. The van der Waals surface area contributed by atoms with Gasteiger partial charge in [0.15, 0.2) is 0 Å². The van der Waals surface area contributed by atoms with Crippen LogP contribution < -0.4 is 0 Å². The molecular weight excluding hydrogens is 310 g/mol. The van der Waals surface area contributed by atoms with Gasteiger partial charge in [-0.2, -0.15) is 0 Å². The van der Waals surface area contributed by atoms with E-state index in [0.717, 1.165) is 25.9 Å². The van der Waals surface area contributed by atoms with E-state index in [2.05, 4.69) is 19.9 Å². The fourth-order valence-electron chi connectivity index (χ4n) is 3.70. The van der Waals surface area contributed by atoms with Gasteiger partial charge >= 0.3 is 6.09 Å². The summed E-state index contributed by atoms with van der Waals surface area (Å²) in [5, 5.41) is 0. The van der Waals surface area contributed by atoms with E-state index in [1.165, 1.54) is 15.3 Å². The van der Waals surface area contributed by atoms with Crippen LogP contribution in [-0.4, -0.2) is 35.8 Å². The number of amides is 1. The standard InChI is InChI=1S/C18H27NO3S/c1-12-11-18(7-8-19(12)16(20)22-17(3,4)5)15-14(6-9-21-18)10-13(2)23-15/h10,12H,6-9,11H2,1-5H3/t12-,18+/m0/s1. The molecule has 1 aromatic rings. The summed E-state index contributed by atoms with van der Waals surface area (Å²) in [4.78, 5) is 17.0. The number of aryl methyl sites for hydroxylation is 1. The first-order chi connectivity index (χ1) is 10.7. The highest BCUT2D eigenvalue weighted by molar-refractivity contribution is 7.12. The van der Waals surface area contributed by atoms with Crippen molar-refractivity contribution in [1.29, 1.82) is 0 Å². The van der Waals surface area contributed by atoms with Crippen LogP contribution in [0.3, 0.4) is 0 Å². The Bertz CT molecular complexity index is 604. The minimum absolute atomic E-state index is 0.118. The van der Waals surface area contributed by atoms with E-state index in [4.69, 9.17) is 9.47 Å². The molecule has 0 radical (unpaired) electrons. The van der Waals surface area contributed by atoms with Crippen LogP contribution in [0.2, 0.25) is 0 Å². The van der Waals surface area contributed by atoms with Gasteiger partial charge in [0, 0.05) is 28.8 Å². The number of nitrogens with zero attached hydrogens (tertiary/aromatic N) is 1. The molecule has 1 amide bonds. The van der Waals surface area contributed by atoms with E-state index < -0.39 is 5.60 Å². The van der Waals surface area contributed by atoms with Crippen molar-refractivity contribution in [3.63, 3.8) is 0 Å². The fraction of sp³-hybridized carbons (Fsp3) is 0.722. The number of ether oxygens (including phenoxy) is 2. The molecule has 0 N–H and O–H groups in total. The summed E-state index contributed by atoms with van der Waals surface area (Å²) in [6.07, 6.45) is 2.49. The zero-order chi connectivity index (χ0) is 16.8. The molecule has 23 heavy (non-hydrogen) atoms. The van der Waals surface area contributed by atoms with Gasteiger partial charge in [-0.1, -0.05) is 0 Å². The normalized spacial score (nSPS) is 27.9. The first-order valence-electron chi connectivity index (χ1n) is 8.44. The van der Waals surface area contributed by atoms with E-state index in [1.54, 1.807) is 0 Å². The van der Waals surface area contributed by atoms with Crippen molar-refractivity contribution in [2.24, 2.45) is 0 Å². The molecule has 2 aliphatic heterocycles. The average molecular weight is 337 g/mol. The van der Waals surface area contributed by atoms with E-state index in [-0.39, 0.29) is 17.7 Å². The van der Waals surface area contributed by atoms with Crippen LogP contribution in [0.1, 0.15) is 55.9 Å². The molecule has 2 aliphatic rings. The number of carbonyl (C=O) groups is 1. The maximum atomic E-state index is 12.4. The second kappa shape index (κ2) is 5.78. The molecule has 4 nitrogen and oxygen atoms in total. The predicted molar refractivity (Wildman–Crippen MR) is 92.0 cm³/mol. The first kappa shape index (κ1) is 16.8. The number of thiophene rings is 1. The molecule has 1 aromatic heterocycles. The van der Waals surface area contributed by atoms with Crippen LogP contribution in [0.25, 0.3) is 0 Å². The Morgan fingerprint density at radius 1 is 1.48 bits per heavy atom. The Labute approximate surface area is 142 Å². The van der Waals surface area contributed by atoms with Crippen molar-refractivity contribution >= 4 is 17.4 Å². The topological polar surface area (TPSA) is 38.8 Å². The van der Waals surface area contributed by atoms with Crippen molar-refractivity contribution in [2.75, 3.05) is 13.2 Å². The summed E-state index contributed by atoms with van der Waals surface area (Å²) in [6.45, 7) is 11.5. The molecule has 0 unspecified atom stereocenters. The Hall–Kier alpha value is -1.07. The van der Waals surface area contributed by atoms with Gasteiger partial charge < -0.3 is 14.4 Å². The van der Waals surface area contributed by atoms with Gasteiger partial charge in [-0.25, -0.2) is 4.79 Å². The largest absolute Gasteiger partial charge is 0.444 e.